The monoisotopic (exact) mass is 210 g/mol. The van der Waals surface area contributed by atoms with E-state index in [1.807, 2.05) is 37.3 Å². The topological polar surface area (TPSA) is 0 Å². The van der Waals surface area contributed by atoms with Crippen LogP contribution >= 0.6 is 23.2 Å². The zero-order valence-corrected chi connectivity index (χ0v) is 8.65. The van der Waals surface area contributed by atoms with Crippen molar-refractivity contribution in [3.63, 3.8) is 0 Å². The van der Waals surface area contributed by atoms with Gasteiger partial charge in [-0.3, -0.25) is 0 Å². The first-order valence-electron chi connectivity index (χ1n) is 4.03. The number of hydrogen-bond acceptors (Lipinski definition) is 0. The smallest absolute Gasteiger partial charge is 0.0484 e. The van der Waals surface area contributed by atoms with Gasteiger partial charge >= 0.3 is 0 Å². The van der Waals surface area contributed by atoms with E-state index < -0.39 is 0 Å². The second-order valence-corrected chi connectivity index (χ2v) is 3.82. The summed E-state index contributed by atoms with van der Waals surface area (Å²) in [5.74, 6) is 0. The largest absolute Gasteiger partial charge is 0.0840 e. The van der Waals surface area contributed by atoms with Gasteiger partial charge in [0.15, 0.2) is 0 Å². The third-order valence-corrected chi connectivity index (χ3v) is 2.95. The number of benzene rings is 2. The van der Waals surface area contributed by atoms with E-state index >= 15 is 0 Å². The van der Waals surface area contributed by atoms with Crippen LogP contribution in [0.15, 0.2) is 30.3 Å². The Morgan fingerprint density at radius 3 is 2.38 bits per heavy atom. The fraction of sp³-hybridized carbons (Fsp3) is 0.0909. The van der Waals surface area contributed by atoms with Gasteiger partial charge in [0.25, 0.3) is 0 Å². The molecule has 0 bridgehead atoms. The van der Waals surface area contributed by atoms with Crippen molar-refractivity contribution >= 4 is 34.0 Å². The normalized spacial score (nSPS) is 10.7. The molecule has 2 rings (SSSR count). The third kappa shape index (κ3) is 1.41. The van der Waals surface area contributed by atoms with Crippen LogP contribution in [0.5, 0.6) is 0 Å². The summed E-state index contributed by atoms with van der Waals surface area (Å²) in [4.78, 5) is 0. The molecule has 0 N–H and O–H groups in total. The molecule has 0 aliphatic heterocycles. The molecular formula is C11H8Cl2. The van der Waals surface area contributed by atoms with Gasteiger partial charge in [0.1, 0.15) is 0 Å². The highest BCUT2D eigenvalue weighted by molar-refractivity contribution is 6.36. The molecule has 66 valence electrons. The standard InChI is InChI=1S/C11H8Cl2/c1-7-8-3-2-4-11(13)9(8)5-6-10(7)12/h2-6H,1H3. The summed E-state index contributed by atoms with van der Waals surface area (Å²) in [6.07, 6.45) is 0. The Bertz CT molecular complexity index is 461. The lowest BCUT2D eigenvalue weighted by Crippen LogP contribution is -1.80. The molecule has 0 atom stereocenters. The number of rotatable bonds is 0. The maximum absolute atomic E-state index is 6.04. The van der Waals surface area contributed by atoms with Crippen molar-refractivity contribution in [1.82, 2.24) is 0 Å². The van der Waals surface area contributed by atoms with Gasteiger partial charge in [0, 0.05) is 15.4 Å². The highest BCUT2D eigenvalue weighted by Crippen LogP contribution is 2.29. The molecule has 0 unspecified atom stereocenters. The Hall–Kier alpha value is -0.720. The molecule has 0 aromatic heterocycles. The molecule has 0 aliphatic carbocycles. The van der Waals surface area contributed by atoms with Gasteiger partial charge < -0.3 is 0 Å². The van der Waals surface area contributed by atoms with E-state index in [-0.39, 0.29) is 0 Å². The van der Waals surface area contributed by atoms with E-state index in [1.165, 1.54) is 0 Å². The van der Waals surface area contributed by atoms with Crippen LogP contribution in [0.1, 0.15) is 5.56 Å². The Morgan fingerprint density at radius 1 is 0.846 bits per heavy atom. The summed E-state index contributed by atoms with van der Waals surface area (Å²) in [6, 6.07) is 9.69. The molecule has 0 saturated heterocycles. The van der Waals surface area contributed by atoms with Crippen LogP contribution in [0, 0.1) is 6.92 Å². The first-order chi connectivity index (χ1) is 6.20. The maximum atomic E-state index is 6.04. The maximum Gasteiger partial charge on any atom is 0.0484 e. The lowest BCUT2D eigenvalue weighted by atomic mass is 10.1. The van der Waals surface area contributed by atoms with Crippen molar-refractivity contribution in [2.45, 2.75) is 6.92 Å². The molecule has 0 amide bonds. The molecule has 2 aromatic carbocycles. The fourth-order valence-electron chi connectivity index (χ4n) is 1.44. The van der Waals surface area contributed by atoms with Crippen LogP contribution in [0.4, 0.5) is 0 Å². The van der Waals surface area contributed by atoms with Gasteiger partial charge in [0.05, 0.1) is 0 Å². The minimum Gasteiger partial charge on any atom is -0.0840 e. The van der Waals surface area contributed by atoms with Crippen LogP contribution in [-0.4, -0.2) is 0 Å². The second-order valence-electron chi connectivity index (χ2n) is 3.01. The summed E-state index contributed by atoms with van der Waals surface area (Å²) in [5, 5.41) is 3.75. The number of halogens is 2. The van der Waals surface area contributed by atoms with E-state index in [9.17, 15) is 0 Å². The van der Waals surface area contributed by atoms with Crippen molar-refractivity contribution in [2.24, 2.45) is 0 Å². The molecule has 2 heteroatoms. The van der Waals surface area contributed by atoms with Gasteiger partial charge in [-0.25, -0.2) is 0 Å². The Morgan fingerprint density at radius 2 is 1.62 bits per heavy atom. The average molecular weight is 211 g/mol. The predicted molar refractivity (Wildman–Crippen MR) is 58.7 cm³/mol. The first-order valence-corrected chi connectivity index (χ1v) is 4.79. The third-order valence-electron chi connectivity index (χ3n) is 2.21. The van der Waals surface area contributed by atoms with Crippen LogP contribution < -0.4 is 0 Å². The lowest BCUT2D eigenvalue weighted by molar-refractivity contribution is 1.53. The second kappa shape index (κ2) is 3.21. The van der Waals surface area contributed by atoms with Crippen molar-refractivity contribution < 1.29 is 0 Å². The zero-order chi connectivity index (χ0) is 9.42. The molecule has 0 nitrogen and oxygen atoms in total. The fourth-order valence-corrected chi connectivity index (χ4v) is 1.85. The van der Waals surface area contributed by atoms with Gasteiger partial charge in [-0.05, 0) is 30.0 Å². The highest BCUT2D eigenvalue weighted by Gasteiger charge is 2.03. The van der Waals surface area contributed by atoms with Gasteiger partial charge in [0.2, 0.25) is 0 Å². The van der Waals surface area contributed by atoms with E-state index in [4.69, 9.17) is 23.2 Å². The van der Waals surface area contributed by atoms with E-state index in [1.54, 1.807) is 0 Å². The van der Waals surface area contributed by atoms with Crippen molar-refractivity contribution in [3.8, 4) is 0 Å². The number of aryl methyl sites for hydroxylation is 1. The van der Waals surface area contributed by atoms with Crippen LogP contribution in [-0.2, 0) is 0 Å². The predicted octanol–water partition coefficient (Wildman–Crippen LogP) is 4.46. The molecule has 0 aliphatic rings. The van der Waals surface area contributed by atoms with Crippen molar-refractivity contribution in [1.29, 1.82) is 0 Å². The zero-order valence-electron chi connectivity index (χ0n) is 7.14. The molecule has 0 fully saturated rings. The van der Waals surface area contributed by atoms with Crippen molar-refractivity contribution in [2.75, 3.05) is 0 Å². The molecule has 0 saturated carbocycles. The Kier molecular flexibility index (Phi) is 2.19. The average Bonchev–Trinajstić information content (AvgIpc) is 2.12. The van der Waals surface area contributed by atoms with E-state index in [0.29, 0.717) is 0 Å². The number of hydrogen-bond donors (Lipinski definition) is 0. The molecule has 2 aromatic rings. The lowest BCUT2D eigenvalue weighted by Gasteiger charge is -2.04. The summed E-state index contributed by atoms with van der Waals surface area (Å²) in [7, 11) is 0. The van der Waals surface area contributed by atoms with E-state index in [0.717, 1.165) is 26.4 Å². The van der Waals surface area contributed by atoms with Crippen LogP contribution in [0.25, 0.3) is 10.8 Å². The molecular weight excluding hydrogens is 203 g/mol. The minimum absolute atomic E-state index is 0.775. The Labute approximate surface area is 87.1 Å². The molecule has 13 heavy (non-hydrogen) atoms. The SMILES string of the molecule is Cc1c(Cl)ccc2c(Cl)cccc12. The van der Waals surface area contributed by atoms with Gasteiger partial charge in [-0.1, -0.05) is 41.4 Å². The van der Waals surface area contributed by atoms with Crippen LogP contribution in [0.2, 0.25) is 10.0 Å². The van der Waals surface area contributed by atoms with Crippen LogP contribution in [0.3, 0.4) is 0 Å². The Balaban J connectivity index is 2.94. The summed E-state index contributed by atoms with van der Waals surface area (Å²) < 4.78 is 0. The van der Waals surface area contributed by atoms with Gasteiger partial charge in [-0.15, -0.1) is 0 Å². The summed E-state index contributed by atoms with van der Waals surface area (Å²) in [5.41, 5.74) is 1.08. The molecule has 0 spiro atoms. The quantitative estimate of drug-likeness (QED) is 0.603. The number of fused-ring (bicyclic) bond motifs is 1. The molecule has 0 radical (unpaired) electrons. The summed E-state index contributed by atoms with van der Waals surface area (Å²) >= 11 is 12.0. The van der Waals surface area contributed by atoms with Crippen molar-refractivity contribution in [3.05, 3.63) is 45.9 Å². The molecule has 0 heterocycles. The first kappa shape index (κ1) is 8.86. The van der Waals surface area contributed by atoms with Gasteiger partial charge in [-0.2, -0.15) is 0 Å². The van der Waals surface area contributed by atoms with E-state index in [2.05, 4.69) is 0 Å². The summed E-state index contributed by atoms with van der Waals surface area (Å²) in [6.45, 7) is 2.00. The minimum atomic E-state index is 0.775. The highest BCUT2D eigenvalue weighted by atomic mass is 35.5.